The number of carbonyl (C=O) groups is 1. The maximum Gasteiger partial charge on any atom is 0.269 e. The van der Waals surface area contributed by atoms with Crippen LogP contribution in [0.4, 0.5) is 11.4 Å². The van der Waals surface area contributed by atoms with Crippen molar-refractivity contribution in [1.29, 1.82) is 0 Å². The van der Waals surface area contributed by atoms with E-state index in [9.17, 15) is 23.3 Å². The summed E-state index contributed by atoms with van der Waals surface area (Å²) in [6, 6.07) is 15.7. The highest BCUT2D eigenvalue weighted by atomic mass is 32.2. The Bertz CT molecular complexity index is 1290. The SMILES string of the molecule is Cc1cc([N+](=O)[O-])ccc1NC(=O)C1CCCN1S(=O)(=O)c1ccc2ccccc2c1. The summed E-state index contributed by atoms with van der Waals surface area (Å²) in [5.74, 6) is -0.446. The maximum absolute atomic E-state index is 13.3. The zero-order chi connectivity index (χ0) is 22.2. The van der Waals surface area contributed by atoms with Crippen molar-refractivity contribution in [1.82, 2.24) is 4.31 Å². The molecule has 1 saturated heterocycles. The van der Waals surface area contributed by atoms with E-state index in [-0.39, 0.29) is 17.1 Å². The maximum atomic E-state index is 13.3. The van der Waals surface area contributed by atoms with Gasteiger partial charge in [-0.3, -0.25) is 14.9 Å². The number of aryl methyl sites for hydroxylation is 1. The molecule has 1 atom stereocenters. The molecule has 1 fully saturated rings. The van der Waals surface area contributed by atoms with Crippen molar-refractivity contribution in [3.8, 4) is 0 Å². The second kappa shape index (κ2) is 8.09. The number of non-ortho nitro benzene ring substituents is 1. The molecule has 0 radical (unpaired) electrons. The van der Waals surface area contributed by atoms with Crippen LogP contribution in [-0.4, -0.2) is 36.1 Å². The van der Waals surface area contributed by atoms with Crippen LogP contribution in [0.1, 0.15) is 18.4 Å². The van der Waals surface area contributed by atoms with Crippen molar-refractivity contribution in [2.75, 3.05) is 11.9 Å². The number of rotatable bonds is 5. The van der Waals surface area contributed by atoms with E-state index < -0.39 is 26.9 Å². The molecule has 31 heavy (non-hydrogen) atoms. The highest BCUT2D eigenvalue weighted by Gasteiger charge is 2.39. The van der Waals surface area contributed by atoms with Crippen molar-refractivity contribution in [3.63, 3.8) is 0 Å². The van der Waals surface area contributed by atoms with E-state index in [2.05, 4.69) is 5.32 Å². The second-order valence-corrected chi connectivity index (χ2v) is 9.42. The largest absolute Gasteiger partial charge is 0.324 e. The lowest BCUT2D eigenvalue weighted by molar-refractivity contribution is -0.384. The second-order valence-electron chi connectivity index (χ2n) is 7.53. The minimum atomic E-state index is -3.86. The Morgan fingerprint density at radius 2 is 1.84 bits per heavy atom. The van der Waals surface area contributed by atoms with E-state index in [1.165, 1.54) is 22.5 Å². The summed E-state index contributed by atoms with van der Waals surface area (Å²) < 4.78 is 27.8. The molecule has 8 nitrogen and oxygen atoms in total. The average molecular weight is 439 g/mol. The van der Waals surface area contributed by atoms with Crippen molar-refractivity contribution < 1.29 is 18.1 Å². The number of nitrogens with zero attached hydrogens (tertiary/aromatic N) is 2. The molecule has 1 amide bonds. The molecule has 0 spiro atoms. The Morgan fingerprint density at radius 3 is 2.55 bits per heavy atom. The Balaban J connectivity index is 1.59. The molecule has 1 aliphatic heterocycles. The third kappa shape index (κ3) is 4.01. The predicted octanol–water partition coefficient (Wildman–Crippen LogP) is 3.85. The first-order valence-electron chi connectivity index (χ1n) is 9.84. The van der Waals surface area contributed by atoms with Gasteiger partial charge < -0.3 is 5.32 Å². The first-order chi connectivity index (χ1) is 14.8. The van der Waals surface area contributed by atoms with Gasteiger partial charge in [0.25, 0.3) is 5.69 Å². The summed E-state index contributed by atoms with van der Waals surface area (Å²) in [4.78, 5) is 23.5. The molecule has 3 aromatic carbocycles. The number of amides is 1. The van der Waals surface area contributed by atoms with Gasteiger partial charge in [0, 0.05) is 24.4 Å². The van der Waals surface area contributed by atoms with E-state index in [0.29, 0.717) is 24.1 Å². The normalized spacial score (nSPS) is 17.0. The van der Waals surface area contributed by atoms with Crippen molar-refractivity contribution in [3.05, 3.63) is 76.3 Å². The number of nitrogens with one attached hydrogen (secondary N) is 1. The van der Waals surface area contributed by atoms with Crippen LogP contribution >= 0.6 is 0 Å². The lowest BCUT2D eigenvalue weighted by atomic mass is 10.1. The smallest absolute Gasteiger partial charge is 0.269 e. The van der Waals surface area contributed by atoms with Crippen LogP contribution in [0.3, 0.4) is 0 Å². The van der Waals surface area contributed by atoms with Gasteiger partial charge in [-0.05, 0) is 54.3 Å². The molecule has 3 aromatic rings. The van der Waals surface area contributed by atoms with Gasteiger partial charge in [0.15, 0.2) is 0 Å². The van der Waals surface area contributed by atoms with Crippen LogP contribution in [0.2, 0.25) is 0 Å². The molecule has 1 heterocycles. The highest BCUT2D eigenvalue weighted by molar-refractivity contribution is 7.89. The number of sulfonamides is 1. The number of fused-ring (bicyclic) bond motifs is 1. The van der Waals surface area contributed by atoms with Crippen LogP contribution in [0.25, 0.3) is 10.8 Å². The number of hydrogen-bond donors (Lipinski definition) is 1. The fourth-order valence-electron chi connectivity index (χ4n) is 3.87. The van der Waals surface area contributed by atoms with Gasteiger partial charge in [0.05, 0.1) is 9.82 Å². The topological polar surface area (TPSA) is 110 Å². The molecule has 1 aliphatic rings. The van der Waals surface area contributed by atoms with Crippen LogP contribution in [-0.2, 0) is 14.8 Å². The number of carbonyl (C=O) groups excluding carboxylic acids is 1. The van der Waals surface area contributed by atoms with Gasteiger partial charge >= 0.3 is 0 Å². The Morgan fingerprint density at radius 1 is 1.10 bits per heavy atom. The third-order valence-corrected chi connectivity index (χ3v) is 7.42. The van der Waals surface area contributed by atoms with E-state index >= 15 is 0 Å². The number of nitro groups is 1. The lowest BCUT2D eigenvalue weighted by Crippen LogP contribution is -2.43. The summed E-state index contributed by atoms with van der Waals surface area (Å²) in [5, 5.41) is 15.4. The van der Waals surface area contributed by atoms with E-state index in [1.54, 1.807) is 25.1 Å². The van der Waals surface area contributed by atoms with Gasteiger partial charge in [-0.25, -0.2) is 8.42 Å². The number of nitro benzene ring substituents is 1. The van der Waals surface area contributed by atoms with Crippen molar-refractivity contribution in [2.24, 2.45) is 0 Å². The van der Waals surface area contributed by atoms with Crippen LogP contribution in [0.5, 0.6) is 0 Å². The third-order valence-electron chi connectivity index (χ3n) is 5.51. The minimum absolute atomic E-state index is 0.0723. The molecule has 160 valence electrons. The van der Waals surface area contributed by atoms with E-state index in [4.69, 9.17) is 0 Å². The van der Waals surface area contributed by atoms with Gasteiger partial charge in [-0.2, -0.15) is 4.31 Å². The minimum Gasteiger partial charge on any atom is -0.324 e. The standard InChI is InChI=1S/C22H21N3O5S/c1-15-13-18(25(27)28)9-11-20(15)23-22(26)21-7-4-12-24(21)31(29,30)19-10-8-16-5-2-3-6-17(16)14-19/h2-3,5-6,8-11,13-14,21H,4,7,12H2,1H3,(H,23,26). The number of hydrogen-bond acceptors (Lipinski definition) is 5. The monoisotopic (exact) mass is 439 g/mol. The summed E-state index contributed by atoms with van der Waals surface area (Å²) in [6.45, 7) is 1.91. The van der Waals surface area contributed by atoms with Gasteiger partial charge in [-0.15, -0.1) is 0 Å². The molecule has 1 N–H and O–H groups in total. The molecule has 0 bridgehead atoms. The average Bonchev–Trinajstić information content (AvgIpc) is 3.25. The molecule has 0 saturated carbocycles. The van der Waals surface area contributed by atoms with E-state index in [1.807, 2.05) is 24.3 Å². The molecule has 9 heteroatoms. The predicted molar refractivity (Wildman–Crippen MR) is 117 cm³/mol. The zero-order valence-corrected chi connectivity index (χ0v) is 17.6. The van der Waals surface area contributed by atoms with Crippen LogP contribution < -0.4 is 5.32 Å². The van der Waals surface area contributed by atoms with Gasteiger partial charge in [0.2, 0.25) is 15.9 Å². The summed E-state index contributed by atoms with van der Waals surface area (Å²) in [7, 11) is -3.86. The van der Waals surface area contributed by atoms with Gasteiger partial charge in [0.1, 0.15) is 6.04 Å². The quantitative estimate of drug-likeness (QED) is 0.480. The Kier molecular flexibility index (Phi) is 5.47. The van der Waals surface area contributed by atoms with E-state index in [0.717, 1.165) is 10.8 Å². The lowest BCUT2D eigenvalue weighted by Gasteiger charge is -2.24. The first-order valence-corrected chi connectivity index (χ1v) is 11.3. The highest BCUT2D eigenvalue weighted by Crippen LogP contribution is 2.29. The van der Waals surface area contributed by atoms with Crippen molar-refractivity contribution >= 4 is 38.1 Å². The van der Waals surface area contributed by atoms with Crippen LogP contribution in [0, 0.1) is 17.0 Å². The molecule has 1 unspecified atom stereocenters. The number of benzene rings is 3. The van der Waals surface area contributed by atoms with Crippen molar-refractivity contribution in [2.45, 2.75) is 30.7 Å². The first kappa shape index (κ1) is 21.0. The van der Waals surface area contributed by atoms with Gasteiger partial charge in [-0.1, -0.05) is 30.3 Å². The molecule has 0 aromatic heterocycles. The Hall–Kier alpha value is -3.30. The molecular formula is C22H21N3O5S. The zero-order valence-electron chi connectivity index (χ0n) is 16.8. The number of anilines is 1. The summed E-state index contributed by atoms with van der Waals surface area (Å²) in [5.41, 5.74) is 0.881. The molecular weight excluding hydrogens is 418 g/mol. The fourth-order valence-corrected chi connectivity index (χ4v) is 5.56. The van der Waals surface area contributed by atoms with Crippen LogP contribution in [0.15, 0.2) is 65.6 Å². The summed E-state index contributed by atoms with van der Waals surface area (Å²) in [6.07, 6.45) is 0.981. The fraction of sp³-hybridized carbons (Fsp3) is 0.227. The molecule has 0 aliphatic carbocycles. The Labute approximate surface area is 179 Å². The molecule has 4 rings (SSSR count). The summed E-state index contributed by atoms with van der Waals surface area (Å²) >= 11 is 0.